The Balaban J connectivity index is 1.08. The fourth-order valence-corrected chi connectivity index (χ4v) is 8.00. The molecule has 8 rings (SSSR count). The normalized spacial score (nSPS) is 19.1. The molecule has 10 nitrogen and oxygen atoms in total. The van der Waals surface area contributed by atoms with Crippen molar-refractivity contribution >= 4 is 33.7 Å². The molecule has 6 aromatic rings. The maximum absolute atomic E-state index is 5.18. The largest absolute Gasteiger partial charge is 0.368 e. The van der Waals surface area contributed by atoms with Crippen molar-refractivity contribution in [3.8, 4) is 22.5 Å². The summed E-state index contributed by atoms with van der Waals surface area (Å²) in [6.07, 6.45) is 12.6. The first kappa shape index (κ1) is 35.0. The first-order valence-corrected chi connectivity index (χ1v) is 19.4. The van der Waals surface area contributed by atoms with E-state index in [-0.39, 0.29) is 6.04 Å². The van der Waals surface area contributed by atoms with Crippen LogP contribution in [0.4, 0.5) is 11.6 Å². The van der Waals surface area contributed by atoms with Crippen LogP contribution >= 0.6 is 0 Å². The molecule has 2 aliphatic rings. The summed E-state index contributed by atoms with van der Waals surface area (Å²) in [4.78, 5) is 29.1. The number of nitrogens with zero attached hydrogens (tertiary/aromatic N) is 6. The van der Waals surface area contributed by atoms with Crippen molar-refractivity contribution in [2.45, 2.75) is 64.8 Å². The lowest BCUT2D eigenvalue weighted by Gasteiger charge is -2.35. The van der Waals surface area contributed by atoms with Gasteiger partial charge in [-0.05, 0) is 104 Å². The van der Waals surface area contributed by atoms with Crippen LogP contribution < -0.4 is 21.3 Å². The highest BCUT2D eigenvalue weighted by atomic mass is 15.0. The van der Waals surface area contributed by atoms with Gasteiger partial charge in [-0.25, -0.2) is 19.9 Å². The zero-order valence-corrected chi connectivity index (χ0v) is 31.1. The Morgan fingerprint density at radius 2 is 1.36 bits per heavy atom. The quantitative estimate of drug-likeness (QED) is 0.106. The fraction of sp³-hybridized carbons (Fsp3) is 0.395. The minimum Gasteiger partial charge on any atom is -0.368 e. The molecule has 2 aromatic carbocycles. The van der Waals surface area contributed by atoms with Gasteiger partial charge in [-0.3, -0.25) is 9.97 Å². The molecule has 0 saturated carbocycles. The maximum atomic E-state index is 5.18. The zero-order chi connectivity index (χ0) is 36.1. The van der Waals surface area contributed by atoms with Crippen molar-refractivity contribution in [1.82, 2.24) is 40.5 Å². The smallest absolute Gasteiger partial charge is 0.154 e. The van der Waals surface area contributed by atoms with Crippen LogP contribution in [-0.4, -0.2) is 62.6 Å². The lowest BCUT2D eigenvalue weighted by Crippen LogP contribution is -2.38. The average Bonchev–Trinajstić information content (AvgIpc) is 3.22. The van der Waals surface area contributed by atoms with Gasteiger partial charge in [0, 0.05) is 55.0 Å². The summed E-state index contributed by atoms with van der Waals surface area (Å²) in [5, 5.41) is 14.8. The predicted molar refractivity (Wildman–Crippen MR) is 215 cm³/mol. The third-order valence-corrected chi connectivity index (χ3v) is 11.0. The molecule has 0 spiro atoms. The third-order valence-electron chi connectivity index (χ3n) is 11.0. The Hall–Kier alpha value is -5.06. The topological polar surface area (TPSA) is 125 Å². The highest BCUT2D eigenvalue weighted by Gasteiger charge is 2.29. The van der Waals surface area contributed by atoms with Crippen LogP contribution in [0, 0.1) is 11.8 Å². The Morgan fingerprint density at radius 1 is 0.717 bits per heavy atom. The van der Waals surface area contributed by atoms with E-state index in [1.807, 2.05) is 6.07 Å². The van der Waals surface area contributed by atoms with E-state index in [9.17, 15) is 0 Å². The lowest BCUT2D eigenvalue weighted by atomic mass is 9.83. The van der Waals surface area contributed by atoms with Crippen molar-refractivity contribution in [3.05, 3.63) is 96.1 Å². The van der Waals surface area contributed by atoms with Gasteiger partial charge in [0.15, 0.2) is 11.6 Å². The van der Waals surface area contributed by atoms with Gasteiger partial charge in [0.1, 0.15) is 11.0 Å². The second-order valence-electron chi connectivity index (χ2n) is 14.9. The first-order chi connectivity index (χ1) is 26.0. The summed E-state index contributed by atoms with van der Waals surface area (Å²) in [7, 11) is 0. The van der Waals surface area contributed by atoms with Gasteiger partial charge >= 0.3 is 0 Å². The first-order valence-electron chi connectivity index (χ1n) is 19.4. The van der Waals surface area contributed by atoms with Crippen molar-refractivity contribution in [2.24, 2.45) is 11.8 Å². The SMILES string of the molecule is CCc1ccc(-c2cc3nccnc3c(NCC3CCCNC3)n2)cc1C1NCCCC1CNc1nc(-c2ccc(C(C)C)cc2)cc2nccnc12. The Bertz CT molecular complexity index is 2180. The number of aromatic nitrogens is 6. The van der Waals surface area contributed by atoms with Crippen molar-refractivity contribution in [3.63, 3.8) is 0 Å². The molecule has 3 unspecified atom stereocenters. The fourth-order valence-electron chi connectivity index (χ4n) is 8.00. The van der Waals surface area contributed by atoms with Gasteiger partial charge in [-0.2, -0.15) is 0 Å². The van der Waals surface area contributed by atoms with E-state index < -0.39 is 0 Å². The molecule has 272 valence electrons. The molecule has 4 aromatic heterocycles. The molecule has 3 atom stereocenters. The number of aryl methyl sites for hydroxylation is 1. The van der Waals surface area contributed by atoms with Crippen LogP contribution in [-0.2, 0) is 6.42 Å². The average molecular weight is 707 g/mol. The number of anilines is 2. The van der Waals surface area contributed by atoms with Crippen molar-refractivity contribution in [2.75, 3.05) is 43.4 Å². The molecule has 0 bridgehead atoms. The third kappa shape index (κ3) is 7.70. The molecule has 2 saturated heterocycles. The molecular formula is C43H50N10. The van der Waals surface area contributed by atoms with Crippen molar-refractivity contribution in [1.29, 1.82) is 0 Å². The Morgan fingerprint density at radius 3 is 2.02 bits per heavy atom. The van der Waals surface area contributed by atoms with E-state index in [1.165, 1.54) is 29.5 Å². The molecule has 10 heteroatoms. The summed E-state index contributed by atoms with van der Waals surface area (Å²) in [6, 6.07) is 19.9. The number of hydrogen-bond donors (Lipinski definition) is 4. The van der Waals surface area contributed by atoms with Crippen LogP contribution in [0.15, 0.2) is 79.4 Å². The number of hydrogen-bond acceptors (Lipinski definition) is 10. The zero-order valence-electron chi connectivity index (χ0n) is 31.1. The highest BCUT2D eigenvalue weighted by molar-refractivity contribution is 5.89. The molecule has 2 fully saturated rings. The summed E-state index contributed by atoms with van der Waals surface area (Å²) in [6.45, 7) is 11.4. The van der Waals surface area contributed by atoms with Crippen LogP contribution in [0.3, 0.4) is 0 Å². The molecule has 53 heavy (non-hydrogen) atoms. The molecule has 4 N–H and O–H groups in total. The van der Waals surface area contributed by atoms with Gasteiger partial charge in [0.2, 0.25) is 0 Å². The highest BCUT2D eigenvalue weighted by Crippen LogP contribution is 2.36. The van der Waals surface area contributed by atoms with Gasteiger partial charge in [0.05, 0.1) is 22.4 Å². The Labute approximate surface area is 312 Å². The van der Waals surface area contributed by atoms with E-state index in [1.54, 1.807) is 24.8 Å². The van der Waals surface area contributed by atoms with Gasteiger partial charge < -0.3 is 21.3 Å². The summed E-state index contributed by atoms with van der Waals surface area (Å²) >= 11 is 0. The molecular weight excluding hydrogens is 657 g/mol. The second-order valence-corrected chi connectivity index (χ2v) is 14.9. The van der Waals surface area contributed by atoms with Crippen LogP contribution in [0.1, 0.15) is 75.1 Å². The van der Waals surface area contributed by atoms with Crippen LogP contribution in [0.2, 0.25) is 0 Å². The summed E-state index contributed by atoms with van der Waals surface area (Å²) < 4.78 is 0. The molecule has 0 amide bonds. The van der Waals surface area contributed by atoms with E-state index >= 15 is 0 Å². The molecule has 6 heterocycles. The van der Waals surface area contributed by atoms with E-state index in [0.29, 0.717) is 17.8 Å². The number of pyridine rings is 2. The van der Waals surface area contributed by atoms with Gasteiger partial charge in [-0.1, -0.05) is 57.2 Å². The Kier molecular flexibility index (Phi) is 10.5. The predicted octanol–water partition coefficient (Wildman–Crippen LogP) is 7.95. The number of benzene rings is 2. The van der Waals surface area contributed by atoms with Crippen LogP contribution in [0.25, 0.3) is 44.6 Å². The minimum atomic E-state index is 0.173. The van der Waals surface area contributed by atoms with Crippen molar-refractivity contribution < 1.29 is 0 Å². The number of piperidine rings is 2. The molecule has 0 radical (unpaired) electrons. The number of nitrogens with one attached hydrogen (secondary N) is 4. The second kappa shape index (κ2) is 15.9. The van der Waals surface area contributed by atoms with E-state index in [0.717, 1.165) is 108 Å². The van der Waals surface area contributed by atoms with E-state index in [2.05, 4.69) is 101 Å². The standard InChI is InChI=1S/C43H50N10/c1-4-29-9-14-32(36-23-38-40(48-19-18-46-38)42(53-36)50-25-28-7-5-15-44-24-28)21-34(29)39-33(8-6-16-47-39)26-51-43-41-37(45-17-20-49-41)22-35(52-43)31-12-10-30(11-13-31)27(2)3/h9-14,17-23,27-28,33,39,44,47H,4-8,15-16,24-26H2,1-3H3,(H,50,53)(H,51,52). The minimum absolute atomic E-state index is 0.173. The number of rotatable bonds is 11. The van der Waals surface area contributed by atoms with Crippen LogP contribution in [0.5, 0.6) is 0 Å². The maximum Gasteiger partial charge on any atom is 0.154 e. The van der Waals surface area contributed by atoms with E-state index in [4.69, 9.17) is 19.9 Å². The van der Waals surface area contributed by atoms with Gasteiger partial charge in [0.25, 0.3) is 0 Å². The molecule has 0 aliphatic carbocycles. The summed E-state index contributed by atoms with van der Waals surface area (Å²) in [5.74, 6) is 2.96. The van der Waals surface area contributed by atoms with Gasteiger partial charge in [-0.15, -0.1) is 0 Å². The monoisotopic (exact) mass is 706 g/mol. The summed E-state index contributed by atoms with van der Waals surface area (Å²) in [5.41, 5.74) is 11.2. The molecule has 2 aliphatic heterocycles. The number of fused-ring (bicyclic) bond motifs is 2. The lowest BCUT2D eigenvalue weighted by molar-refractivity contribution is 0.295.